The molecule has 21 heavy (non-hydrogen) atoms. The number of nitrogens with two attached hydrogens (primary N) is 1. The minimum atomic E-state index is -0.0384. The third-order valence-electron chi connectivity index (χ3n) is 4.49. The Labute approximate surface area is 125 Å². The van der Waals surface area contributed by atoms with Crippen molar-refractivity contribution in [2.24, 2.45) is 0 Å². The van der Waals surface area contributed by atoms with Crippen LogP contribution in [0, 0.1) is 0 Å². The molecule has 2 atom stereocenters. The number of benzene rings is 1. The third kappa shape index (κ3) is 2.83. The molecule has 0 radical (unpaired) electrons. The summed E-state index contributed by atoms with van der Waals surface area (Å²) in [7, 11) is 0. The van der Waals surface area contributed by atoms with Gasteiger partial charge in [-0.1, -0.05) is 0 Å². The number of amides is 1. The van der Waals surface area contributed by atoms with Crippen molar-refractivity contribution in [2.75, 3.05) is 25.4 Å². The first kappa shape index (κ1) is 14.2. The molecule has 114 valence electrons. The van der Waals surface area contributed by atoms with E-state index in [0.717, 1.165) is 13.0 Å². The zero-order chi connectivity index (χ0) is 14.8. The molecule has 1 aromatic carbocycles. The van der Waals surface area contributed by atoms with E-state index in [1.54, 1.807) is 18.2 Å². The zero-order valence-electron chi connectivity index (χ0n) is 12.5. The molecule has 5 nitrogen and oxygen atoms in total. The van der Waals surface area contributed by atoms with Crippen LogP contribution in [0.5, 0.6) is 5.75 Å². The quantitative estimate of drug-likeness (QED) is 0.827. The number of nitrogens with zero attached hydrogens (tertiary/aromatic N) is 1. The van der Waals surface area contributed by atoms with Crippen LogP contribution in [0.1, 0.15) is 36.5 Å². The van der Waals surface area contributed by atoms with Gasteiger partial charge in [0.15, 0.2) is 0 Å². The predicted octanol–water partition coefficient (Wildman–Crippen LogP) is 1.63. The number of nitrogen functional groups attached to an aromatic ring is 1. The number of anilines is 1. The highest BCUT2D eigenvalue weighted by Crippen LogP contribution is 2.28. The topological polar surface area (TPSA) is 67.6 Å². The highest BCUT2D eigenvalue weighted by Gasteiger charge is 2.37. The number of carbonyl (C=O) groups excluding carboxylic acids is 1. The zero-order valence-corrected chi connectivity index (χ0v) is 12.5. The van der Waals surface area contributed by atoms with E-state index in [1.807, 2.05) is 6.92 Å². The Morgan fingerprint density at radius 3 is 3.05 bits per heavy atom. The Morgan fingerprint density at radius 2 is 2.29 bits per heavy atom. The van der Waals surface area contributed by atoms with Crippen molar-refractivity contribution in [3.05, 3.63) is 23.8 Å². The normalized spacial score (nSPS) is 24.8. The number of hydrogen-bond acceptors (Lipinski definition) is 4. The monoisotopic (exact) mass is 289 g/mol. The Hall–Kier alpha value is -1.75. The van der Waals surface area contributed by atoms with Gasteiger partial charge in [0.05, 0.1) is 12.3 Å². The number of fused-ring (bicyclic) bond motifs is 1. The Balaban J connectivity index is 1.66. The third-order valence-corrected chi connectivity index (χ3v) is 4.49. The summed E-state index contributed by atoms with van der Waals surface area (Å²) in [5, 5.41) is 3.17. The van der Waals surface area contributed by atoms with Gasteiger partial charge in [0, 0.05) is 24.2 Å². The van der Waals surface area contributed by atoms with Crippen LogP contribution < -0.4 is 15.8 Å². The van der Waals surface area contributed by atoms with Gasteiger partial charge in [-0.05, 0) is 50.9 Å². The minimum absolute atomic E-state index is 0.0384. The number of nitrogens with one attached hydrogen (secondary N) is 1. The SMILES string of the molecule is CCOc1ccc(C(=O)NC2CCN3CCCC23)cc1N. The summed E-state index contributed by atoms with van der Waals surface area (Å²) in [6, 6.07) is 6.03. The Morgan fingerprint density at radius 1 is 1.43 bits per heavy atom. The fourth-order valence-electron chi connectivity index (χ4n) is 3.48. The molecule has 3 N–H and O–H groups in total. The largest absolute Gasteiger partial charge is 0.492 e. The molecule has 0 spiro atoms. The average Bonchev–Trinajstić information content (AvgIpc) is 3.06. The van der Waals surface area contributed by atoms with Crippen LogP contribution in [0.4, 0.5) is 5.69 Å². The summed E-state index contributed by atoms with van der Waals surface area (Å²) >= 11 is 0. The van der Waals surface area contributed by atoms with E-state index in [2.05, 4.69) is 10.2 Å². The summed E-state index contributed by atoms with van der Waals surface area (Å²) in [5.41, 5.74) is 7.04. The molecular weight excluding hydrogens is 266 g/mol. The van der Waals surface area contributed by atoms with E-state index >= 15 is 0 Å². The summed E-state index contributed by atoms with van der Waals surface area (Å²) < 4.78 is 5.40. The van der Waals surface area contributed by atoms with Crippen LogP contribution in [0.2, 0.25) is 0 Å². The van der Waals surface area contributed by atoms with E-state index in [4.69, 9.17) is 10.5 Å². The first-order valence-electron chi connectivity index (χ1n) is 7.76. The lowest BCUT2D eigenvalue weighted by molar-refractivity contribution is 0.0929. The second kappa shape index (κ2) is 5.93. The molecular formula is C16H23N3O2. The van der Waals surface area contributed by atoms with Crippen LogP contribution in [-0.4, -0.2) is 42.6 Å². The molecule has 0 aromatic heterocycles. The molecule has 0 saturated carbocycles. The van der Waals surface area contributed by atoms with Crippen LogP contribution in [0.15, 0.2) is 18.2 Å². The van der Waals surface area contributed by atoms with Crippen molar-refractivity contribution in [1.29, 1.82) is 0 Å². The van der Waals surface area contributed by atoms with E-state index in [9.17, 15) is 4.79 Å². The van der Waals surface area contributed by atoms with Crippen molar-refractivity contribution in [3.8, 4) is 5.75 Å². The second-order valence-electron chi connectivity index (χ2n) is 5.80. The molecule has 2 unspecified atom stereocenters. The van der Waals surface area contributed by atoms with Gasteiger partial charge in [-0.2, -0.15) is 0 Å². The standard InChI is InChI=1S/C16H23N3O2/c1-2-21-15-6-5-11(10-12(15)17)16(20)18-13-7-9-19-8-3-4-14(13)19/h5-6,10,13-14H,2-4,7-9,17H2,1H3,(H,18,20). The average molecular weight is 289 g/mol. The maximum atomic E-state index is 12.4. The highest BCUT2D eigenvalue weighted by molar-refractivity contribution is 5.95. The first-order valence-corrected chi connectivity index (χ1v) is 7.76. The lowest BCUT2D eigenvalue weighted by atomic mass is 10.1. The number of carbonyl (C=O) groups is 1. The van der Waals surface area contributed by atoms with Crippen LogP contribution >= 0.6 is 0 Å². The van der Waals surface area contributed by atoms with Crippen molar-refractivity contribution in [2.45, 2.75) is 38.3 Å². The van der Waals surface area contributed by atoms with Gasteiger partial charge in [-0.15, -0.1) is 0 Å². The van der Waals surface area contributed by atoms with Gasteiger partial charge < -0.3 is 15.8 Å². The lowest BCUT2D eigenvalue weighted by Gasteiger charge is -2.21. The molecule has 2 aliphatic rings. The van der Waals surface area contributed by atoms with Gasteiger partial charge in [0.2, 0.25) is 0 Å². The van der Waals surface area contributed by atoms with Crippen LogP contribution in [-0.2, 0) is 0 Å². The van der Waals surface area contributed by atoms with Crippen molar-refractivity contribution in [3.63, 3.8) is 0 Å². The number of hydrogen-bond donors (Lipinski definition) is 2. The fourth-order valence-corrected chi connectivity index (χ4v) is 3.48. The fraction of sp³-hybridized carbons (Fsp3) is 0.562. The molecule has 0 aliphatic carbocycles. The minimum Gasteiger partial charge on any atom is -0.492 e. The molecule has 3 rings (SSSR count). The van der Waals surface area contributed by atoms with Crippen LogP contribution in [0.3, 0.4) is 0 Å². The summed E-state index contributed by atoms with van der Waals surface area (Å²) in [6.45, 7) is 4.75. The molecule has 5 heteroatoms. The molecule has 0 bridgehead atoms. The van der Waals surface area contributed by atoms with E-state index in [-0.39, 0.29) is 11.9 Å². The van der Waals surface area contributed by atoms with Crippen molar-refractivity contribution < 1.29 is 9.53 Å². The summed E-state index contributed by atoms with van der Waals surface area (Å²) in [5.74, 6) is 0.598. The van der Waals surface area contributed by atoms with Crippen molar-refractivity contribution in [1.82, 2.24) is 10.2 Å². The molecule has 1 aromatic rings. The van der Waals surface area contributed by atoms with Gasteiger partial charge in [-0.25, -0.2) is 0 Å². The molecule has 2 saturated heterocycles. The number of rotatable bonds is 4. The Bertz CT molecular complexity index is 532. The van der Waals surface area contributed by atoms with Crippen molar-refractivity contribution >= 4 is 11.6 Å². The highest BCUT2D eigenvalue weighted by atomic mass is 16.5. The van der Waals surface area contributed by atoms with Gasteiger partial charge in [-0.3, -0.25) is 9.69 Å². The molecule has 2 heterocycles. The molecule has 1 amide bonds. The van der Waals surface area contributed by atoms with Crippen LogP contribution in [0.25, 0.3) is 0 Å². The Kier molecular flexibility index (Phi) is 4.01. The molecule has 2 aliphatic heterocycles. The second-order valence-corrected chi connectivity index (χ2v) is 5.80. The number of ether oxygens (including phenoxy) is 1. The molecule has 2 fully saturated rings. The maximum absolute atomic E-state index is 12.4. The maximum Gasteiger partial charge on any atom is 0.251 e. The predicted molar refractivity (Wildman–Crippen MR) is 82.5 cm³/mol. The van der Waals surface area contributed by atoms with E-state index in [0.29, 0.717) is 29.6 Å². The summed E-state index contributed by atoms with van der Waals surface area (Å²) in [4.78, 5) is 14.9. The van der Waals surface area contributed by atoms with Gasteiger partial charge >= 0.3 is 0 Å². The van der Waals surface area contributed by atoms with Gasteiger partial charge in [0.25, 0.3) is 5.91 Å². The van der Waals surface area contributed by atoms with Gasteiger partial charge in [0.1, 0.15) is 5.75 Å². The summed E-state index contributed by atoms with van der Waals surface area (Å²) in [6.07, 6.45) is 3.48. The van der Waals surface area contributed by atoms with E-state index in [1.165, 1.54) is 19.4 Å². The lowest BCUT2D eigenvalue weighted by Crippen LogP contribution is -2.42. The van der Waals surface area contributed by atoms with E-state index < -0.39 is 0 Å². The first-order chi connectivity index (χ1) is 10.2. The smallest absolute Gasteiger partial charge is 0.251 e.